The fourth-order valence-electron chi connectivity index (χ4n) is 2.72. The monoisotopic (exact) mass is 282 g/mol. The van der Waals surface area contributed by atoms with E-state index < -0.39 is 0 Å². The Bertz CT molecular complexity index is 332. The van der Waals surface area contributed by atoms with Gasteiger partial charge in [0.2, 0.25) is 0 Å². The van der Waals surface area contributed by atoms with Crippen LogP contribution < -0.4 is 5.32 Å². The molecular weight excluding hydrogens is 256 g/mol. The lowest BCUT2D eigenvalue weighted by Crippen LogP contribution is -2.40. The van der Waals surface area contributed by atoms with Crippen LogP contribution in [0.25, 0.3) is 0 Å². The molecule has 1 fully saturated rings. The third kappa shape index (κ3) is 5.61. The summed E-state index contributed by atoms with van der Waals surface area (Å²) < 4.78 is 0. The average molecular weight is 282 g/mol. The highest BCUT2D eigenvalue weighted by Gasteiger charge is 2.19. The number of thiophene rings is 1. The lowest BCUT2D eigenvalue weighted by molar-refractivity contribution is 0.0999. The Morgan fingerprint density at radius 1 is 1.47 bits per heavy atom. The predicted molar refractivity (Wildman–Crippen MR) is 81.7 cm³/mol. The number of hydrogen-bond donors (Lipinski definition) is 2. The molecule has 0 unspecified atom stereocenters. The highest BCUT2D eigenvalue weighted by molar-refractivity contribution is 7.09. The van der Waals surface area contributed by atoms with Gasteiger partial charge in [0.05, 0.1) is 6.10 Å². The van der Waals surface area contributed by atoms with Crippen molar-refractivity contribution in [1.29, 1.82) is 0 Å². The maximum Gasteiger partial charge on any atom is 0.0639 e. The van der Waals surface area contributed by atoms with Crippen molar-refractivity contribution in [3.63, 3.8) is 0 Å². The van der Waals surface area contributed by atoms with Gasteiger partial charge in [0.1, 0.15) is 0 Å². The van der Waals surface area contributed by atoms with Crippen LogP contribution >= 0.6 is 11.3 Å². The van der Waals surface area contributed by atoms with Gasteiger partial charge >= 0.3 is 0 Å². The third-order valence-corrected chi connectivity index (χ3v) is 4.73. The highest BCUT2D eigenvalue weighted by Crippen LogP contribution is 2.16. The fourth-order valence-corrected chi connectivity index (χ4v) is 3.43. The van der Waals surface area contributed by atoms with Crippen molar-refractivity contribution in [2.45, 2.75) is 32.3 Å². The van der Waals surface area contributed by atoms with Crippen LogP contribution in [0.4, 0.5) is 0 Å². The zero-order valence-electron chi connectivity index (χ0n) is 11.8. The second kappa shape index (κ2) is 8.00. The van der Waals surface area contributed by atoms with Crippen molar-refractivity contribution in [2.75, 3.05) is 32.7 Å². The minimum Gasteiger partial charge on any atom is -0.392 e. The van der Waals surface area contributed by atoms with E-state index >= 15 is 0 Å². The van der Waals surface area contributed by atoms with Crippen LogP contribution in [0, 0.1) is 5.92 Å². The van der Waals surface area contributed by atoms with E-state index in [4.69, 9.17) is 0 Å². The van der Waals surface area contributed by atoms with E-state index in [0.717, 1.165) is 45.1 Å². The summed E-state index contributed by atoms with van der Waals surface area (Å²) in [6.07, 6.45) is 3.48. The molecule has 1 atom stereocenters. The molecule has 2 heterocycles. The quantitative estimate of drug-likeness (QED) is 0.751. The van der Waals surface area contributed by atoms with Crippen LogP contribution in [-0.4, -0.2) is 48.8 Å². The molecule has 108 valence electrons. The van der Waals surface area contributed by atoms with E-state index in [1.807, 2.05) is 18.3 Å². The SMILES string of the molecule is C[C@@H](O)CN1CCC(CNCCc2cccs2)CC1. The number of β-amino-alcohol motifs (C(OH)–C–C–N with tert-alkyl or cyclic N) is 1. The number of nitrogens with zero attached hydrogens (tertiary/aromatic N) is 1. The maximum atomic E-state index is 9.38. The van der Waals surface area contributed by atoms with Crippen molar-refractivity contribution < 1.29 is 5.11 Å². The van der Waals surface area contributed by atoms with Crippen molar-refractivity contribution in [1.82, 2.24) is 10.2 Å². The molecule has 0 spiro atoms. The van der Waals surface area contributed by atoms with E-state index in [1.165, 1.54) is 17.7 Å². The first-order chi connectivity index (χ1) is 9.24. The second-order valence-electron chi connectivity index (χ2n) is 5.63. The Kier molecular flexibility index (Phi) is 6.31. The minimum absolute atomic E-state index is 0.194. The molecule has 1 aromatic heterocycles. The van der Waals surface area contributed by atoms with Gasteiger partial charge in [-0.25, -0.2) is 0 Å². The Morgan fingerprint density at radius 2 is 2.26 bits per heavy atom. The maximum absolute atomic E-state index is 9.38. The lowest BCUT2D eigenvalue weighted by atomic mass is 9.96. The topological polar surface area (TPSA) is 35.5 Å². The number of piperidine rings is 1. The van der Waals surface area contributed by atoms with Crippen LogP contribution in [0.3, 0.4) is 0 Å². The van der Waals surface area contributed by atoms with Crippen molar-refractivity contribution in [2.24, 2.45) is 5.92 Å². The number of aliphatic hydroxyl groups excluding tert-OH is 1. The predicted octanol–water partition coefficient (Wildman–Crippen LogP) is 1.97. The molecular formula is C15H26N2OS. The van der Waals surface area contributed by atoms with Crippen LogP contribution in [0.1, 0.15) is 24.6 Å². The molecule has 0 bridgehead atoms. The molecule has 2 N–H and O–H groups in total. The number of hydrogen-bond acceptors (Lipinski definition) is 4. The molecule has 1 saturated heterocycles. The van der Waals surface area contributed by atoms with Crippen molar-refractivity contribution in [3.05, 3.63) is 22.4 Å². The first-order valence-electron chi connectivity index (χ1n) is 7.37. The molecule has 1 aromatic rings. The standard InChI is InChI=1S/C15H26N2OS/c1-13(18)12-17-8-5-14(6-9-17)11-16-7-4-15-3-2-10-19-15/h2-3,10,13-14,16,18H,4-9,11-12H2,1H3/t13-/m1/s1. The largest absolute Gasteiger partial charge is 0.392 e. The molecule has 0 saturated carbocycles. The number of likely N-dealkylation sites (tertiary alicyclic amines) is 1. The summed E-state index contributed by atoms with van der Waals surface area (Å²) in [6, 6.07) is 4.33. The van der Waals surface area contributed by atoms with Gasteiger partial charge in [-0.1, -0.05) is 6.07 Å². The third-order valence-electron chi connectivity index (χ3n) is 3.79. The molecule has 3 nitrogen and oxygen atoms in total. The van der Waals surface area contributed by atoms with E-state index in [2.05, 4.69) is 27.7 Å². The van der Waals surface area contributed by atoms with Gasteiger partial charge < -0.3 is 15.3 Å². The zero-order chi connectivity index (χ0) is 13.5. The van der Waals surface area contributed by atoms with Crippen LogP contribution in [0.5, 0.6) is 0 Å². The second-order valence-corrected chi connectivity index (χ2v) is 6.66. The van der Waals surface area contributed by atoms with Gasteiger partial charge in [-0.05, 0) is 69.7 Å². The van der Waals surface area contributed by atoms with Gasteiger partial charge in [-0.15, -0.1) is 11.3 Å². The van der Waals surface area contributed by atoms with Crippen molar-refractivity contribution in [3.8, 4) is 0 Å². The van der Waals surface area contributed by atoms with E-state index in [1.54, 1.807) is 0 Å². The number of aliphatic hydroxyl groups is 1. The summed E-state index contributed by atoms with van der Waals surface area (Å²) in [6.45, 7) is 7.23. The molecule has 4 heteroatoms. The van der Waals surface area contributed by atoms with E-state index in [9.17, 15) is 5.11 Å². The summed E-state index contributed by atoms with van der Waals surface area (Å²) in [5.41, 5.74) is 0. The van der Waals surface area contributed by atoms with Gasteiger partial charge in [0.15, 0.2) is 0 Å². The van der Waals surface area contributed by atoms with Gasteiger partial charge in [0.25, 0.3) is 0 Å². The van der Waals surface area contributed by atoms with E-state index in [0.29, 0.717) is 0 Å². The zero-order valence-corrected chi connectivity index (χ0v) is 12.7. The van der Waals surface area contributed by atoms with Crippen LogP contribution in [0.15, 0.2) is 17.5 Å². The Morgan fingerprint density at radius 3 is 2.89 bits per heavy atom. The lowest BCUT2D eigenvalue weighted by Gasteiger charge is -2.32. The molecule has 1 aliphatic heterocycles. The molecule has 19 heavy (non-hydrogen) atoms. The summed E-state index contributed by atoms with van der Waals surface area (Å²) in [5, 5.41) is 15.1. The first kappa shape index (κ1) is 15.0. The Hall–Kier alpha value is -0.420. The molecule has 0 amide bonds. The smallest absolute Gasteiger partial charge is 0.0639 e. The van der Waals surface area contributed by atoms with Crippen LogP contribution in [0.2, 0.25) is 0 Å². The van der Waals surface area contributed by atoms with Gasteiger partial charge in [-0.3, -0.25) is 0 Å². The summed E-state index contributed by atoms with van der Waals surface area (Å²) >= 11 is 1.84. The Labute approximate surface area is 120 Å². The average Bonchev–Trinajstić information content (AvgIpc) is 2.89. The van der Waals surface area contributed by atoms with E-state index in [-0.39, 0.29) is 6.10 Å². The molecule has 1 aliphatic rings. The molecule has 0 aliphatic carbocycles. The molecule has 0 aromatic carbocycles. The molecule has 0 radical (unpaired) electrons. The van der Waals surface area contributed by atoms with Gasteiger partial charge in [0, 0.05) is 11.4 Å². The number of nitrogens with one attached hydrogen (secondary N) is 1. The summed E-state index contributed by atoms with van der Waals surface area (Å²) in [5.74, 6) is 0.814. The Balaban J connectivity index is 1.53. The first-order valence-corrected chi connectivity index (χ1v) is 8.25. The number of rotatable bonds is 7. The highest BCUT2D eigenvalue weighted by atomic mass is 32.1. The minimum atomic E-state index is -0.194. The van der Waals surface area contributed by atoms with Gasteiger partial charge in [-0.2, -0.15) is 0 Å². The fraction of sp³-hybridized carbons (Fsp3) is 0.733. The summed E-state index contributed by atoms with van der Waals surface area (Å²) in [7, 11) is 0. The molecule has 2 rings (SSSR count). The van der Waals surface area contributed by atoms with Crippen LogP contribution in [-0.2, 0) is 6.42 Å². The normalized spacial score (nSPS) is 19.7. The van der Waals surface area contributed by atoms with Crippen molar-refractivity contribution >= 4 is 11.3 Å². The summed E-state index contributed by atoms with van der Waals surface area (Å²) in [4.78, 5) is 3.85.